The number of rotatable bonds is 3. The average Bonchev–Trinajstić information content (AvgIpc) is 2.04. The van der Waals surface area contributed by atoms with Crippen molar-refractivity contribution in [1.82, 2.24) is 16.2 Å². The van der Waals surface area contributed by atoms with Gasteiger partial charge in [0.15, 0.2) is 0 Å². The SMILES string of the molecule is C=C(NC)NNC(C)=O.CC. The maximum Gasteiger partial charge on any atom is 0.235 e. The second kappa shape index (κ2) is 8.81. The number of hydrogen-bond donors (Lipinski definition) is 3. The Morgan fingerprint density at radius 1 is 1.27 bits per heavy atom. The van der Waals surface area contributed by atoms with Crippen LogP contribution in [0.3, 0.4) is 0 Å². The largest absolute Gasteiger partial charge is 0.374 e. The fraction of sp³-hybridized carbons (Fsp3) is 0.571. The van der Waals surface area contributed by atoms with Crippen molar-refractivity contribution in [2.24, 2.45) is 0 Å². The third kappa shape index (κ3) is 12.1. The standard InChI is InChI=1S/C5H11N3O.C2H6/c1-4(6-3)7-8-5(2)9;1-2/h6-7H,1H2,2-3H3,(H,8,9);1-2H3. The molecule has 66 valence electrons. The minimum absolute atomic E-state index is 0.147. The summed E-state index contributed by atoms with van der Waals surface area (Å²) in [5.74, 6) is 0.414. The lowest BCUT2D eigenvalue weighted by molar-refractivity contribution is -0.119. The van der Waals surface area contributed by atoms with E-state index in [1.165, 1.54) is 6.92 Å². The zero-order chi connectivity index (χ0) is 9.28. The highest BCUT2D eigenvalue weighted by atomic mass is 16.2. The zero-order valence-electron chi connectivity index (χ0n) is 7.62. The summed E-state index contributed by atoms with van der Waals surface area (Å²) in [6.45, 7) is 8.92. The molecule has 0 atom stereocenters. The lowest BCUT2D eigenvalue weighted by Gasteiger charge is -2.06. The summed E-state index contributed by atoms with van der Waals surface area (Å²) in [6, 6.07) is 0. The molecule has 0 saturated heterocycles. The average molecular weight is 159 g/mol. The first-order valence-electron chi connectivity index (χ1n) is 3.56. The van der Waals surface area contributed by atoms with E-state index in [1.54, 1.807) is 7.05 Å². The fourth-order valence-corrected chi connectivity index (χ4v) is 0.226. The van der Waals surface area contributed by atoms with Crippen LogP contribution >= 0.6 is 0 Å². The molecule has 3 N–H and O–H groups in total. The van der Waals surface area contributed by atoms with Crippen molar-refractivity contribution >= 4 is 5.91 Å². The Hall–Kier alpha value is -1.19. The molecule has 1 amide bonds. The van der Waals surface area contributed by atoms with Gasteiger partial charge in [0, 0.05) is 14.0 Å². The van der Waals surface area contributed by atoms with Crippen molar-refractivity contribution in [2.75, 3.05) is 7.05 Å². The minimum atomic E-state index is -0.147. The summed E-state index contributed by atoms with van der Waals surface area (Å²) in [6.07, 6.45) is 0. The maximum atomic E-state index is 10.2. The zero-order valence-corrected chi connectivity index (χ0v) is 7.62. The first-order chi connectivity index (χ1) is 5.16. The lowest BCUT2D eigenvalue weighted by atomic mass is 10.7. The molecule has 0 aromatic heterocycles. The Morgan fingerprint density at radius 2 is 1.73 bits per heavy atom. The number of nitrogens with one attached hydrogen (secondary N) is 3. The summed E-state index contributed by atoms with van der Waals surface area (Å²) >= 11 is 0. The molecule has 0 heterocycles. The molecule has 0 aliphatic rings. The molecule has 0 spiro atoms. The molecule has 0 aromatic carbocycles. The van der Waals surface area contributed by atoms with Crippen molar-refractivity contribution in [2.45, 2.75) is 20.8 Å². The van der Waals surface area contributed by atoms with E-state index < -0.39 is 0 Å². The summed E-state index contributed by atoms with van der Waals surface area (Å²) in [5, 5.41) is 2.70. The topological polar surface area (TPSA) is 53.2 Å². The second-order valence-electron chi connectivity index (χ2n) is 1.53. The Balaban J connectivity index is 0. The van der Waals surface area contributed by atoms with Crippen LogP contribution in [0.25, 0.3) is 0 Å². The number of hydrogen-bond acceptors (Lipinski definition) is 3. The van der Waals surface area contributed by atoms with E-state index in [4.69, 9.17) is 0 Å². The highest BCUT2D eigenvalue weighted by molar-refractivity contribution is 5.72. The monoisotopic (exact) mass is 159 g/mol. The molecule has 0 aliphatic carbocycles. The van der Waals surface area contributed by atoms with Crippen LogP contribution < -0.4 is 16.2 Å². The molecule has 4 heteroatoms. The normalized spacial score (nSPS) is 6.91. The van der Waals surface area contributed by atoms with Crippen molar-refractivity contribution in [3.05, 3.63) is 12.4 Å². The van der Waals surface area contributed by atoms with E-state index in [2.05, 4.69) is 22.7 Å². The quantitative estimate of drug-likeness (QED) is 0.521. The Labute approximate surface area is 68.0 Å². The predicted molar refractivity (Wildman–Crippen MR) is 46.5 cm³/mol. The van der Waals surface area contributed by atoms with Gasteiger partial charge < -0.3 is 5.32 Å². The lowest BCUT2D eigenvalue weighted by Crippen LogP contribution is -2.38. The van der Waals surface area contributed by atoms with E-state index >= 15 is 0 Å². The highest BCUT2D eigenvalue weighted by Crippen LogP contribution is 1.66. The number of carbonyl (C=O) groups is 1. The van der Waals surface area contributed by atoms with Gasteiger partial charge in [-0.3, -0.25) is 15.6 Å². The van der Waals surface area contributed by atoms with Crippen LogP contribution in [0.15, 0.2) is 12.4 Å². The molecule has 0 radical (unpaired) electrons. The van der Waals surface area contributed by atoms with Gasteiger partial charge >= 0.3 is 0 Å². The molecule has 0 bridgehead atoms. The van der Waals surface area contributed by atoms with Gasteiger partial charge in [0.2, 0.25) is 5.91 Å². The van der Waals surface area contributed by atoms with Gasteiger partial charge in [0.05, 0.1) is 0 Å². The van der Waals surface area contributed by atoms with E-state index in [-0.39, 0.29) is 5.91 Å². The van der Waals surface area contributed by atoms with E-state index in [0.29, 0.717) is 5.82 Å². The van der Waals surface area contributed by atoms with Crippen LogP contribution in [0.4, 0.5) is 0 Å². The summed E-state index contributed by atoms with van der Waals surface area (Å²) in [7, 11) is 1.71. The molecule has 4 nitrogen and oxygen atoms in total. The van der Waals surface area contributed by atoms with Crippen molar-refractivity contribution < 1.29 is 4.79 Å². The minimum Gasteiger partial charge on any atom is -0.374 e. The number of hydrazine groups is 1. The predicted octanol–water partition coefficient (Wildman–Crippen LogP) is 0.344. The van der Waals surface area contributed by atoms with Gasteiger partial charge in [-0.25, -0.2) is 0 Å². The van der Waals surface area contributed by atoms with Gasteiger partial charge in [-0.15, -0.1) is 0 Å². The smallest absolute Gasteiger partial charge is 0.235 e. The van der Waals surface area contributed by atoms with Crippen LogP contribution in [-0.2, 0) is 4.79 Å². The molecule has 0 unspecified atom stereocenters. The van der Waals surface area contributed by atoms with Gasteiger partial charge in [0.1, 0.15) is 5.82 Å². The van der Waals surface area contributed by atoms with Gasteiger partial charge in [-0.2, -0.15) is 0 Å². The van der Waals surface area contributed by atoms with Crippen LogP contribution in [0.5, 0.6) is 0 Å². The van der Waals surface area contributed by atoms with Crippen LogP contribution in [-0.4, -0.2) is 13.0 Å². The number of amides is 1. The first kappa shape index (κ1) is 12.5. The van der Waals surface area contributed by atoms with Gasteiger partial charge in [-0.05, 0) is 0 Å². The fourth-order valence-electron chi connectivity index (χ4n) is 0.226. The Bertz CT molecular complexity index is 123. The van der Waals surface area contributed by atoms with Crippen molar-refractivity contribution in [3.8, 4) is 0 Å². The maximum absolute atomic E-state index is 10.2. The molecule has 0 rings (SSSR count). The van der Waals surface area contributed by atoms with Crippen molar-refractivity contribution in [1.29, 1.82) is 0 Å². The van der Waals surface area contributed by atoms with Gasteiger partial charge in [-0.1, -0.05) is 20.4 Å². The Kier molecular flexibility index (Phi) is 10.00. The third-order valence-corrected chi connectivity index (χ3v) is 0.691. The summed E-state index contributed by atoms with van der Waals surface area (Å²) in [5.41, 5.74) is 4.87. The van der Waals surface area contributed by atoms with E-state index in [1.807, 2.05) is 13.8 Å². The van der Waals surface area contributed by atoms with E-state index in [0.717, 1.165) is 0 Å². The molecular formula is C7H17N3O. The van der Waals surface area contributed by atoms with Crippen LogP contribution in [0.2, 0.25) is 0 Å². The molecule has 0 saturated carbocycles. The first-order valence-corrected chi connectivity index (χ1v) is 3.56. The second-order valence-corrected chi connectivity index (χ2v) is 1.53. The summed E-state index contributed by atoms with van der Waals surface area (Å²) < 4.78 is 0. The molecule has 0 fully saturated rings. The third-order valence-electron chi connectivity index (χ3n) is 0.691. The Morgan fingerprint density at radius 3 is 2.00 bits per heavy atom. The van der Waals surface area contributed by atoms with Crippen LogP contribution in [0.1, 0.15) is 20.8 Å². The molecule has 0 aromatic rings. The van der Waals surface area contributed by atoms with Gasteiger partial charge in [0.25, 0.3) is 0 Å². The van der Waals surface area contributed by atoms with E-state index in [9.17, 15) is 4.79 Å². The number of carbonyl (C=O) groups excluding carboxylic acids is 1. The molecular weight excluding hydrogens is 142 g/mol. The highest BCUT2D eigenvalue weighted by Gasteiger charge is 1.87. The van der Waals surface area contributed by atoms with Crippen LogP contribution in [0, 0.1) is 0 Å². The summed E-state index contributed by atoms with van der Waals surface area (Å²) in [4.78, 5) is 10.2. The molecule has 11 heavy (non-hydrogen) atoms. The van der Waals surface area contributed by atoms with Crippen molar-refractivity contribution in [3.63, 3.8) is 0 Å². The molecule has 0 aliphatic heterocycles.